The Morgan fingerprint density at radius 1 is 1.40 bits per heavy atom. The highest BCUT2D eigenvalue weighted by molar-refractivity contribution is 7.80. The van der Waals surface area contributed by atoms with Crippen molar-refractivity contribution in [2.24, 2.45) is 0 Å². The summed E-state index contributed by atoms with van der Waals surface area (Å²) in [4.78, 5) is 12.1. The topological polar surface area (TPSA) is 26.3 Å². The molecule has 0 saturated heterocycles. The van der Waals surface area contributed by atoms with Gasteiger partial charge in [-0.3, -0.25) is 0 Å². The number of rotatable bonds is 1. The minimum Gasteiger partial charge on any atom is -0.456 e. The third kappa shape index (κ3) is 3.55. The van der Waals surface area contributed by atoms with E-state index in [4.69, 9.17) is 4.74 Å². The molecule has 0 spiro atoms. The van der Waals surface area contributed by atoms with Crippen LogP contribution in [0.15, 0.2) is 23.1 Å². The Labute approximate surface area is 93.9 Å². The first kappa shape index (κ1) is 12.0. The average molecular weight is 228 g/mol. The number of hydrogen-bond donors (Lipinski definition) is 1. The van der Waals surface area contributed by atoms with Crippen LogP contribution in [0.1, 0.15) is 31.1 Å². The lowest BCUT2D eigenvalue weighted by Gasteiger charge is -2.19. The van der Waals surface area contributed by atoms with E-state index < -0.39 is 17.4 Å². The number of halogens is 1. The molecule has 0 bridgehead atoms. The molecule has 0 fully saturated rings. The monoisotopic (exact) mass is 228 g/mol. The Morgan fingerprint density at radius 3 is 2.53 bits per heavy atom. The van der Waals surface area contributed by atoms with Crippen LogP contribution in [0, 0.1) is 5.82 Å². The Kier molecular flexibility index (Phi) is 3.39. The van der Waals surface area contributed by atoms with Crippen LogP contribution in [-0.4, -0.2) is 11.6 Å². The van der Waals surface area contributed by atoms with E-state index in [0.717, 1.165) is 0 Å². The van der Waals surface area contributed by atoms with Crippen molar-refractivity contribution >= 4 is 18.6 Å². The van der Waals surface area contributed by atoms with Gasteiger partial charge in [0.2, 0.25) is 0 Å². The Hall–Kier alpha value is -1.03. The lowest BCUT2D eigenvalue weighted by Crippen LogP contribution is -2.24. The second-order valence-corrected chi connectivity index (χ2v) is 4.68. The minimum atomic E-state index is -0.670. The standard InChI is InChI=1S/C11H13FO2S/c1-11(2,3)14-10(13)8-6-7(15)4-5-9(8)12/h4-6,15H,1-3H3. The average Bonchev–Trinajstić information content (AvgIpc) is 2.06. The first-order chi connectivity index (χ1) is 6.79. The molecule has 82 valence electrons. The van der Waals surface area contributed by atoms with Crippen LogP contribution in [0.4, 0.5) is 4.39 Å². The quantitative estimate of drug-likeness (QED) is 0.590. The van der Waals surface area contributed by atoms with Crippen molar-refractivity contribution in [3.8, 4) is 0 Å². The smallest absolute Gasteiger partial charge is 0.341 e. The van der Waals surface area contributed by atoms with E-state index in [1.54, 1.807) is 20.8 Å². The van der Waals surface area contributed by atoms with E-state index in [0.29, 0.717) is 4.90 Å². The number of carbonyl (C=O) groups excluding carboxylic acids is 1. The summed E-state index contributed by atoms with van der Waals surface area (Å²) in [6.45, 7) is 5.19. The molecule has 0 aliphatic carbocycles. The Balaban J connectivity index is 2.96. The summed E-state index contributed by atoms with van der Waals surface area (Å²) >= 11 is 4.03. The van der Waals surface area contributed by atoms with E-state index in [1.807, 2.05) is 0 Å². The number of ether oxygens (including phenoxy) is 1. The summed E-state index contributed by atoms with van der Waals surface area (Å²) in [6.07, 6.45) is 0. The van der Waals surface area contributed by atoms with Crippen molar-refractivity contribution in [2.75, 3.05) is 0 Å². The molecule has 0 saturated carbocycles. The fourth-order valence-corrected chi connectivity index (χ4v) is 1.21. The molecule has 1 rings (SSSR count). The van der Waals surface area contributed by atoms with Crippen LogP contribution in [0.2, 0.25) is 0 Å². The lowest BCUT2D eigenvalue weighted by atomic mass is 10.1. The van der Waals surface area contributed by atoms with Gasteiger partial charge in [0.1, 0.15) is 11.4 Å². The van der Waals surface area contributed by atoms with Gasteiger partial charge in [-0.05, 0) is 39.0 Å². The first-order valence-electron chi connectivity index (χ1n) is 4.51. The van der Waals surface area contributed by atoms with Crippen LogP contribution in [0.5, 0.6) is 0 Å². The minimum absolute atomic E-state index is 0.0857. The van der Waals surface area contributed by atoms with Crippen molar-refractivity contribution in [2.45, 2.75) is 31.3 Å². The van der Waals surface area contributed by atoms with Gasteiger partial charge in [-0.2, -0.15) is 0 Å². The zero-order valence-corrected chi connectivity index (χ0v) is 9.77. The van der Waals surface area contributed by atoms with E-state index in [9.17, 15) is 9.18 Å². The molecule has 0 amide bonds. The SMILES string of the molecule is CC(C)(C)OC(=O)c1cc(S)ccc1F. The normalized spacial score (nSPS) is 11.3. The summed E-state index contributed by atoms with van der Waals surface area (Å²) in [5, 5.41) is 0. The molecule has 4 heteroatoms. The maximum Gasteiger partial charge on any atom is 0.341 e. The first-order valence-corrected chi connectivity index (χ1v) is 4.96. The summed E-state index contributed by atoms with van der Waals surface area (Å²) in [5.41, 5.74) is -0.715. The van der Waals surface area contributed by atoms with E-state index in [-0.39, 0.29) is 5.56 Å². The van der Waals surface area contributed by atoms with E-state index in [1.165, 1.54) is 18.2 Å². The van der Waals surface area contributed by atoms with Gasteiger partial charge >= 0.3 is 5.97 Å². The van der Waals surface area contributed by atoms with Crippen molar-refractivity contribution in [3.63, 3.8) is 0 Å². The molecular formula is C11H13FO2S. The third-order valence-corrected chi connectivity index (χ3v) is 1.85. The molecule has 0 aliphatic heterocycles. The second kappa shape index (κ2) is 4.23. The van der Waals surface area contributed by atoms with Crippen molar-refractivity contribution in [1.29, 1.82) is 0 Å². The zero-order chi connectivity index (χ0) is 11.6. The molecule has 1 aromatic carbocycles. The van der Waals surface area contributed by atoms with Crippen LogP contribution < -0.4 is 0 Å². The fourth-order valence-electron chi connectivity index (χ4n) is 1.00. The van der Waals surface area contributed by atoms with Crippen LogP contribution in [0.3, 0.4) is 0 Å². The van der Waals surface area contributed by atoms with E-state index in [2.05, 4.69) is 12.6 Å². The van der Waals surface area contributed by atoms with Gasteiger partial charge in [-0.15, -0.1) is 12.6 Å². The van der Waals surface area contributed by atoms with Gasteiger partial charge in [-0.25, -0.2) is 9.18 Å². The molecule has 0 unspecified atom stereocenters. The van der Waals surface area contributed by atoms with Gasteiger partial charge < -0.3 is 4.74 Å². The maximum atomic E-state index is 13.3. The zero-order valence-electron chi connectivity index (χ0n) is 8.87. The molecule has 0 radical (unpaired) electrons. The number of carbonyl (C=O) groups is 1. The summed E-state index contributed by atoms with van der Waals surface area (Å²) in [6, 6.07) is 4.03. The summed E-state index contributed by atoms with van der Waals surface area (Å²) < 4.78 is 18.3. The van der Waals surface area contributed by atoms with Gasteiger partial charge in [0.05, 0.1) is 5.56 Å². The predicted molar refractivity (Wildman–Crippen MR) is 58.8 cm³/mol. The fraction of sp³-hybridized carbons (Fsp3) is 0.364. The lowest BCUT2D eigenvalue weighted by molar-refractivity contribution is 0.00644. The van der Waals surface area contributed by atoms with Gasteiger partial charge in [0.15, 0.2) is 0 Å². The van der Waals surface area contributed by atoms with Crippen LogP contribution in [-0.2, 0) is 4.74 Å². The predicted octanol–water partition coefficient (Wildman–Crippen LogP) is 3.07. The van der Waals surface area contributed by atoms with E-state index >= 15 is 0 Å². The highest BCUT2D eigenvalue weighted by atomic mass is 32.1. The molecular weight excluding hydrogens is 215 g/mol. The number of benzene rings is 1. The largest absolute Gasteiger partial charge is 0.456 e. The molecule has 0 atom stereocenters. The maximum absolute atomic E-state index is 13.3. The molecule has 0 aromatic heterocycles. The van der Waals surface area contributed by atoms with Crippen molar-refractivity contribution in [1.82, 2.24) is 0 Å². The highest BCUT2D eigenvalue weighted by Crippen LogP contribution is 2.17. The number of thiol groups is 1. The molecule has 0 heterocycles. The Bertz CT molecular complexity index is 383. The molecule has 0 aliphatic rings. The van der Waals surface area contributed by atoms with Crippen molar-refractivity contribution < 1.29 is 13.9 Å². The van der Waals surface area contributed by atoms with Crippen molar-refractivity contribution in [3.05, 3.63) is 29.6 Å². The summed E-state index contributed by atoms with van der Waals surface area (Å²) in [7, 11) is 0. The second-order valence-electron chi connectivity index (χ2n) is 4.17. The molecule has 15 heavy (non-hydrogen) atoms. The molecule has 0 N–H and O–H groups in total. The highest BCUT2D eigenvalue weighted by Gasteiger charge is 2.20. The van der Waals surface area contributed by atoms with Gasteiger partial charge in [-0.1, -0.05) is 0 Å². The van der Waals surface area contributed by atoms with Crippen LogP contribution >= 0.6 is 12.6 Å². The summed E-state index contributed by atoms with van der Waals surface area (Å²) in [5.74, 6) is -1.27. The Morgan fingerprint density at radius 2 is 2.00 bits per heavy atom. The van der Waals surface area contributed by atoms with Crippen LogP contribution in [0.25, 0.3) is 0 Å². The number of esters is 1. The third-order valence-electron chi connectivity index (χ3n) is 1.57. The van der Waals surface area contributed by atoms with Gasteiger partial charge in [0.25, 0.3) is 0 Å². The molecule has 2 nitrogen and oxygen atoms in total. The van der Waals surface area contributed by atoms with Gasteiger partial charge in [0, 0.05) is 4.90 Å². The number of hydrogen-bond acceptors (Lipinski definition) is 3. The molecule has 1 aromatic rings.